The summed E-state index contributed by atoms with van der Waals surface area (Å²) in [5.74, 6) is -0.0139. The first-order valence-electron chi connectivity index (χ1n) is 3.49. The number of amides is 1. The number of likely N-dealkylation sites (tertiary alicyclic amines) is 1. The SMILES string of the molecule is N#CCC(=O)N1CCCC1.[H-].[Na+]. The van der Waals surface area contributed by atoms with Gasteiger partial charge in [0, 0.05) is 13.1 Å². The van der Waals surface area contributed by atoms with E-state index in [2.05, 4.69) is 0 Å². The van der Waals surface area contributed by atoms with E-state index in [4.69, 9.17) is 5.26 Å². The third-order valence-electron chi connectivity index (χ3n) is 1.69. The van der Waals surface area contributed by atoms with Crippen molar-refractivity contribution in [2.24, 2.45) is 0 Å². The van der Waals surface area contributed by atoms with Crippen LogP contribution in [0.3, 0.4) is 0 Å². The van der Waals surface area contributed by atoms with Gasteiger partial charge in [-0.3, -0.25) is 4.79 Å². The number of hydrogen-bond donors (Lipinski definition) is 0. The Morgan fingerprint density at radius 3 is 2.55 bits per heavy atom. The predicted octanol–water partition coefficient (Wildman–Crippen LogP) is -2.36. The topological polar surface area (TPSA) is 44.1 Å². The molecular weight excluding hydrogens is 151 g/mol. The van der Waals surface area contributed by atoms with Crippen LogP contribution in [0, 0.1) is 11.3 Å². The van der Waals surface area contributed by atoms with Gasteiger partial charge in [-0.05, 0) is 12.8 Å². The Kier molecular flexibility index (Phi) is 5.57. The Bertz CT molecular complexity index is 175. The molecule has 0 bridgehead atoms. The van der Waals surface area contributed by atoms with E-state index in [1.165, 1.54) is 0 Å². The second-order valence-corrected chi connectivity index (χ2v) is 2.42. The van der Waals surface area contributed by atoms with Crippen LogP contribution in [0.2, 0.25) is 0 Å². The summed E-state index contributed by atoms with van der Waals surface area (Å²) in [6.07, 6.45) is 2.23. The van der Waals surface area contributed by atoms with Crippen molar-refractivity contribution >= 4 is 5.91 Å². The third kappa shape index (κ3) is 3.24. The van der Waals surface area contributed by atoms with E-state index < -0.39 is 0 Å². The first kappa shape index (κ1) is 11.0. The maximum absolute atomic E-state index is 10.9. The van der Waals surface area contributed by atoms with E-state index in [0.29, 0.717) is 0 Å². The van der Waals surface area contributed by atoms with Crippen LogP contribution in [0.15, 0.2) is 0 Å². The van der Waals surface area contributed by atoms with Gasteiger partial charge in [0.2, 0.25) is 5.91 Å². The molecule has 1 saturated heterocycles. The van der Waals surface area contributed by atoms with Crippen LogP contribution >= 0.6 is 0 Å². The fourth-order valence-corrected chi connectivity index (χ4v) is 1.15. The maximum atomic E-state index is 10.9. The van der Waals surface area contributed by atoms with Gasteiger partial charge in [0.1, 0.15) is 6.42 Å². The Balaban J connectivity index is 0. The zero-order valence-corrected chi connectivity index (χ0v) is 8.84. The molecule has 11 heavy (non-hydrogen) atoms. The Labute approximate surface area is 90.1 Å². The second kappa shape index (κ2) is 5.59. The van der Waals surface area contributed by atoms with E-state index in [1.54, 1.807) is 4.90 Å². The van der Waals surface area contributed by atoms with Crippen LogP contribution < -0.4 is 29.6 Å². The molecule has 0 spiro atoms. The van der Waals surface area contributed by atoms with Crippen LogP contribution in [-0.2, 0) is 4.79 Å². The summed E-state index contributed by atoms with van der Waals surface area (Å²) >= 11 is 0. The molecule has 1 rings (SSSR count). The minimum absolute atomic E-state index is 0. The predicted molar refractivity (Wildman–Crippen MR) is 37.2 cm³/mol. The van der Waals surface area contributed by atoms with Gasteiger partial charge >= 0.3 is 29.6 Å². The molecule has 0 radical (unpaired) electrons. The molecule has 0 aromatic rings. The van der Waals surface area contributed by atoms with Crippen LogP contribution in [0.1, 0.15) is 20.7 Å². The number of nitrogens with zero attached hydrogens (tertiary/aromatic N) is 2. The summed E-state index contributed by atoms with van der Waals surface area (Å²) in [6, 6.07) is 1.85. The summed E-state index contributed by atoms with van der Waals surface area (Å²) in [7, 11) is 0. The molecular formula is C7H11N2NaO. The van der Waals surface area contributed by atoms with Gasteiger partial charge in [-0.2, -0.15) is 5.26 Å². The van der Waals surface area contributed by atoms with Gasteiger partial charge in [-0.25, -0.2) is 0 Å². The molecule has 0 aromatic heterocycles. The van der Waals surface area contributed by atoms with E-state index in [9.17, 15) is 4.79 Å². The van der Waals surface area contributed by atoms with Crippen LogP contribution in [0.4, 0.5) is 0 Å². The zero-order chi connectivity index (χ0) is 7.40. The molecule has 1 fully saturated rings. The fourth-order valence-electron chi connectivity index (χ4n) is 1.15. The molecule has 3 nitrogen and oxygen atoms in total. The van der Waals surface area contributed by atoms with Gasteiger partial charge < -0.3 is 6.33 Å². The molecule has 0 unspecified atom stereocenters. The first-order chi connectivity index (χ1) is 4.84. The van der Waals surface area contributed by atoms with Gasteiger partial charge in [0.25, 0.3) is 0 Å². The van der Waals surface area contributed by atoms with E-state index in [1.807, 2.05) is 6.07 Å². The summed E-state index contributed by atoms with van der Waals surface area (Å²) < 4.78 is 0. The summed E-state index contributed by atoms with van der Waals surface area (Å²) in [6.45, 7) is 1.70. The molecule has 0 aliphatic carbocycles. The largest absolute Gasteiger partial charge is 1.00 e. The molecule has 0 atom stereocenters. The molecule has 1 amide bonds. The standard InChI is InChI=1S/C7H10N2O.Na.H/c8-4-3-7(10)9-5-1-2-6-9;;/h1-3,5-6H2;;/q;+1;-1. The van der Waals surface area contributed by atoms with Crippen molar-refractivity contribution in [1.29, 1.82) is 5.26 Å². The normalized spacial score (nSPS) is 15.4. The quantitative estimate of drug-likeness (QED) is 0.405. The second-order valence-electron chi connectivity index (χ2n) is 2.42. The van der Waals surface area contributed by atoms with Crippen molar-refractivity contribution in [2.75, 3.05) is 13.1 Å². The molecule has 0 aromatic carbocycles. The number of nitriles is 1. The Morgan fingerprint density at radius 2 is 2.09 bits per heavy atom. The maximum Gasteiger partial charge on any atom is 1.00 e. The van der Waals surface area contributed by atoms with Crippen molar-refractivity contribution in [3.05, 3.63) is 0 Å². The van der Waals surface area contributed by atoms with Gasteiger partial charge in [-0.15, -0.1) is 0 Å². The first-order valence-corrected chi connectivity index (χ1v) is 3.49. The van der Waals surface area contributed by atoms with Crippen molar-refractivity contribution in [3.8, 4) is 6.07 Å². The van der Waals surface area contributed by atoms with Crippen LogP contribution in [-0.4, -0.2) is 23.9 Å². The minimum Gasteiger partial charge on any atom is -1.00 e. The van der Waals surface area contributed by atoms with Crippen molar-refractivity contribution in [2.45, 2.75) is 19.3 Å². The molecule has 1 aliphatic rings. The molecule has 1 aliphatic heterocycles. The average Bonchev–Trinajstić information content (AvgIpc) is 2.38. The van der Waals surface area contributed by atoms with Crippen LogP contribution in [0.5, 0.6) is 0 Å². The van der Waals surface area contributed by atoms with E-state index >= 15 is 0 Å². The minimum atomic E-state index is -0.0139. The van der Waals surface area contributed by atoms with Gasteiger partial charge in [0.15, 0.2) is 0 Å². The fraction of sp³-hybridized carbons (Fsp3) is 0.714. The number of rotatable bonds is 1. The average molecular weight is 162 g/mol. The molecule has 0 saturated carbocycles. The summed E-state index contributed by atoms with van der Waals surface area (Å²) in [4.78, 5) is 12.7. The monoisotopic (exact) mass is 162 g/mol. The molecule has 56 valence electrons. The van der Waals surface area contributed by atoms with Crippen molar-refractivity contribution in [3.63, 3.8) is 0 Å². The van der Waals surface area contributed by atoms with Gasteiger partial charge in [-0.1, -0.05) is 0 Å². The summed E-state index contributed by atoms with van der Waals surface area (Å²) in [5, 5.41) is 8.20. The van der Waals surface area contributed by atoms with E-state index in [-0.39, 0.29) is 43.3 Å². The number of carbonyl (C=O) groups is 1. The Morgan fingerprint density at radius 1 is 1.55 bits per heavy atom. The Hall–Kier alpha value is -0.0400. The summed E-state index contributed by atoms with van der Waals surface area (Å²) in [5.41, 5.74) is 0. The van der Waals surface area contributed by atoms with Crippen molar-refractivity contribution in [1.82, 2.24) is 4.90 Å². The number of carbonyl (C=O) groups excluding carboxylic acids is 1. The van der Waals surface area contributed by atoms with Crippen molar-refractivity contribution < 1.29 is 35.8 Å². The van der Waals surface area contributed by atoms with Crippen LogP contribution in [0.25, 0.3) is 0 Å². The third-order valence-corrected chi connectivity index (χ3v) is 1.69. The smallest absolute Gasteiger partial charge is 1.00 e. The number of hydrogen-bond acceptors (Lipinski definition) is 2. The molecule has 4 heteroatoms. The molecule has 1 heterocycles. The van der Waals surface area contributed by atoms with E-state index in [0.717, 1.165) is 25.9 Å². The van der Waals surface area contributed by atoms with Gasteiger partial charge in [0.05, 0.1) is 6.07 Å². The zero-order valence-electron chi connectivity index (χ0n) is 7.84. The molecule has 0 N–H and O–H groups in total.